The lowest BCUT2D eigenvalue weighted by molar-refractivity contribution is -0.142. The first-order valence-electron chi connectivity index (χ1n) is 13.4. The average Bonchev–Trinajstić information content (AvgIpc) is 2.92. The second-order valence-corrected chi connectivity index (χ2v) is 10.6. The Morgan fingerprint density at radius 3 is 2.38 bits per heavy atom. The summed E-state index contributed by atoms with van der Waals surface area (Å²) in [6.07, 6.45) is 12.3. The fourth-order valence-corrected chi connectivity index (χ4v) is 5.47. The van der Waals surface area contributed by atoms with Crippen molar-refractivity contribution in [2.75, 3.05) is 12.3 Å². The number of allylic oxidation sites excluding steroid dienone is 1. The van der Waals surface area contributed by atoms with Gasteiger partial charge in [0.15, 0.2) is 0 Å². The number of benzene rings is 3. The second-order valence-electron chi connectivity index (χ2n) is 9.50. The number of hydrogen-bond donors (Lipinski definition) is 2. The van der Waals surface area contributed by atoms with Gasteiger partial charge in [0.2, 0.25) is 0 Å². The molecule has 4 nitrogen and oxygen atoms in total. The Morgan fingerprint density at radius 2 is 1.59 bits per heavy atom. The fourth-order valence-electron chi connectivity index (χ4n) is 4.45. The minimum absolute atomic E-state index is 0.0954. The summed E-state index contributed by atoms with van der Waals surface area (Å²) >= 11 is 1.79. The molecule has 0 amide bonds. The Kier molecular flexibility index (Phi) is 13.0. The highest BCUT2D eigenvalue weighted by atomic mass is 32.2. The molecule has 0 bridgehead atoms. The molecular weight excluding hydrogens is 478 g/mol. The third-order valence-corrected chi connectivity index (χ3v) is 7.68. The number of rotatable bonds is 18. The van der Waals surface area contributed by atoms with Crippen LogP contribution < -0.4 is 5.32 Å². The largest absolute Gasteiger partial charge is 0.481 e. The predicted molar refractivity (Wildman–Crippen MR) is 155 cm³/mol. The Balaban J connectivity index is 1.56. The SMILES string of the molecule is O=CCCCCC/C=C/CCN[C@H](CSc1ccc2ccccc2c1)CC(Cc1ccccc1)C(=O)O. The molecule has 3 aromatic rings. The third kappa shape index (κ3) is 10.9. The van der Waals surface area contributed by atoms with Gasteiger partial charge in [0.05, 0.1) is 5.92 Å². The molecule has 0 saturated heterocycles. The van der Waals surface area contributed by atoms with Gasteiger partial charge in [0.1, 0.15) is 6.29 Å². The zero-order valence-corrected chi connectivity index (χ0v) is 22.4. The zero-order chi connectivity index (χ0) is 26.1. The van der Waals surface area contributed by atoms with Crippen LogP contribution in [0, 0.1) is 5.92 Å². The van der Waals surface area contributed by atoms with Crippen molar-refractivity contribution in [3.8, 4) is 0 Å². The van der Waals surface area contributed by atoms with Crippen LogP contribution in [0.3, 0.4) is 0 Å². The molecule has 0 spiro atoms. The van der Waals surface area contributed by atoms with E-state index in [4.69, 9.17) is 0 Å². The number of nitrogens with one attached hydrogen (secondary N) is 1. The van der Waals surface area contributed by atoms with Crippen LogP contribution in [0.5, 0.6) is 0 Å². The second kappa shape index (κ2) is 16.8. The van der Waals surface area contributed by atoms with Crippen molar-refractivity contribution >= 4 is 34.8 Å². The van der Waals surface area contributed by atoms with Crippen LogP contribution in [0.15, 0.2) is 89.8 Å². The van der Waals surface area contributed by atoms with Gasteiger partial charge < -0.3 is 15.2 Å². The molecule has 196 valence electrons. The van der Waals surface area contributed by atoms with E-state index in [1.54, 1.807) is 11.8 Å². The van der Waals surface area contributed by atoms with Crippen molar-refractivity contribution in [3.05, 3.63) is 90.5 Å². The smallest absolute Gasteiger partial charge is 0.306 e. The van der Waals surface area contributed by atoms with Crippen LogP contribution in [-0.2, 0) is 16.0 Å². The van der Waals surface area contributed by atoms with Crippen molar-refractivity contribution in [1.82, 2.24) is 5.32 Å². The van der Waals surface area contributed by atoms with Crippen LogP contribution in [0.2, 0.25) is 0 Å². The van der Waals surface area contributed by atoms with Gasteiger partial charge in [-0.2, -0.15) is 0 Å². The summed E-state index contributed by atoms with van der Waals surface area (Å²) in [7, 11) is 0. The van der Waals surface area contributed by atoms with Crippen molar-refractivity contribution in [2.24, 2.45) is 5.92 Å². The maximum absolute atomic E-state index is 12.1. The van der Waals surface area contributed by atoms with E-state index in [0.29, 0.717) is 19.3 Å². The van der Waals surface area contributed by atoms with E-state index in [9.17, 15) is 14.7 Å². The molecule has 0 heterocycles. The molecule has 37 heavy (non-hydrogen) atoms. The Morgan fingerprint density at radius 1 is 0.865 bits per heavy atom. The van der Waals surface area contributed by atoms with Crippen molar-refractivity contribution in [2.45, 2.75) is 62.3 Å². The number of aliphatic carboxylic acids is 1. The van der Waals surface area contributed by atoms with Gasteiger partial charge in [-0.15, -0.1) is 11.8 Å². The van der Waals surface area contributed by atoms with E-state index < -0.39 is 11.9 Å². The number of carboxylic acids is 1. The molecule has 2 atom stereocenters. The molecule has 3 rings (SSSR count). The Hall–Kier alpha value is -2.89. The molecule has 5 heteroatoms. The molecule has 2 N–H and O–H groups in total. The van der Waals surface area contributed by atoms with Gasteiger partial charge in [-0.1, -0.05) is 79.2 Å². The first-order valence-corrected chi connectivity index (χ1v) is 14.3. The number of carbonyl (C=O) groups excluding carboxylic acids is 1. The van der Waals surface area contributed by atoms with E-state index in [1.165, 1.54) is 15.7 Å². The lowest BCUT2D eigenvalue weighted by atomic mass is 9.93. The van der Waals surface area contributed by atoms with E-state index >= 15 is 0 Å². The van der Waals surface area contributed by atoms with Crippen LogP contribution in [0.1, 0.15) is 50.5 Å². The monoisotopic (exact) mass is 517 g/mol. The first-order chi connectivity index (χ1) is 18.2. The summed E-state index contributed by atoms with van der Waals surface area (Å²) in [6, 6.07) is 24.9. The number of unbranched alkanes of at least 4 members (excludes halogenated alkanes) is 4. The van der Waals surface area contributed by atoms with Gasteiger partial charge in [0.25, 0.3) is 0 Å². The van der Waals surface area contributed by atoms with E-state index in [0.717, 1.165) is 56.3 Å². The molecule has 0 aliphatic rings. The van der Waals surface area contributed by atoms with Gasteiger partial charge in [0, 0.05) is 23.1 Å². The van der Waals surface area contributed by atoms with Crippen molar-refractivity contribution < 1.29 is 14.7 Å². The van der Waals surface area contributed by atoms with E-state index in [1.807, 2.05) is 30.3 Å². The predicted octanol–water partition coefficient (Wildman–Crippen LogP) is 7.32. The van der Waals surface area contributed by atoms with Crippen molar-refractivity contribution in [1.29, 1.82) is 0 Å². The average molecular weight is 518 g/mol. The summed E-state index contributed by atoms with van der Waals surface area (Å²) in [5, 5.41) is 16.1. The lowest BCUT2D eigenvalue weighted by Gasteiger charge is -2.22. The van der Waals surface area contributed by atoms with Crippen LogP contribution in [-0.4, -0.2) is 35.7 Å². The molecule has 1 unspecified atom stereocenters. The summed E-state index contributed by atoms with van der Waals surface area (Å²) in [5.74, 6) is -0.350. The van der Waals surface area contributed by atoms with Gasteiger partial charge in [-0.05, 0) is 73.5 Å². The fraction of sp³-hybridized carbons (Fsp3) is 0.375. The quantitative estimate of drug-likeness (QED) is 0.0801. The van der Waals surface area contributed by atoms with Crippen LogP contribution >= 0.6 is 11.8 Å². The molecule has 0 radical (unpaired) electrons. The topological polar surface area (TPSA) is 66.4 Å². The molecule has 0 aliphatic heterocycles. The van der Waals surface area contributed by atoms with Gasteiger partial charge in [-0.25, -0.2) is 0 Å². The maximum Gasteiger partial charge on any atom is 0.306 e. The van der Waals surface area contributed by atoms with Gasteiger partial charge >= 0.3 is 5.97 Å². The summed E-state index contributed by atoms with van der Waals surface area (Å²) in [5.41, 5.74) is 1.06. The highest BCUT2D eigenvalue weighted by Gasteiger charge is 2.23. The molecule has 3 aromatic carbocycles. The summed E-state index contributed by atoms with van der Waals surface area (Å²) < 4.78 is 0. The first kappa shape index (κ1) is 28.7. The summed E-state index contributed by atoms with van der Waals surface area (Å²) in [4.78, 5) is 23.7. The number of thioether (sulfide) groups is 1. The third-order valence-electron chi connectivity index (χ3n) is 6.52. The number of carbonyl (C=O) groups is 2. The standard InChI is InChI=1S/C32H39NO3S/c34-21-13-6-4-2-1-3-5-12-20-33-30(23-29(32(35)36)22-26-14-8-7-9-15-26)25-37-31-19-18-27-16-10-11-17-28(27)24-31/h3,5,7-11,14-19,21,24,29-30,33H,1-2,4,6,12-13,20,22-23,25H2,(H,35,36)/b5-3+/t29?,30-/m0/s1. The number of aldehydes is 1. The highest BCUT2D eigenvalue weighted by molar-refractivity contribution is 7.99. The van der Waals surface area contributed by atoms with E-state index in [-0.39, 0.29) is 6.04 Å². The van der Waals surface area contributed by atoms with E-state index in [2.05, 4.69) is 59.9 Å². The minimum atomic E-state index is -0.735. The zero-order valence-electron chi connectivity index (χ0n) is 21.6. The molecule has 0 aliphatic carbocycles. The molecule has 0 fully saturated rings. The lowest BCUT2D eigenvalue weighted by Crippen LogP contribution is -2.36. The molecular formula is C32H39NO3S. The maximum atomic E-state index is 12.1. The Labute approximate surface area is 225 Å². The van der Waals surface area contributed by atoms with Crippen molar-refractivity contribution in [3.63, 3.8) is 0 Å². The number of carboxylic acid groups (broad SMARTS) is 1. The number of fused-ring (bicyclic) bond motifs is 1. The molecule has 0 saturated carbocycles. The van der Waals surface area contributed by atoms with Crippen LogP contribution in [0.25, 0.3) is 10.8 Å². The van der Waals surface area contributed by atoms with Gasteiger partial charge in [-0.3, -0.25) is 4.79 Å². The molecule has 0 aromatic heterocycles. The van der Waals surface area contributed by atoms with Crippen LogP contribution in [0.4, 0.5) is 0 Å². The number of hydrogen-bond acceptors (Lipinski definition) is 4. The summed E-state index contributed by atoms with van der Waals surface area (Å²) in [6.45, 7) is 0.822. The Bertz CT molecular complexity index is 1120. The highest BCUT2D eigenvalue weighted by Crippen LogP contribution is 2.26. The normalized spacial score (nSPS) is 13.1. The minimum Gasteiger partial charge on any atom is -0.481 e.